The van der Waals surface area contributed by atoms with Gasteiger partial charge in [0.1, 0.15) is 6.10 Å². The van der Waals surface area contributed by atoms with Crippen LogP contribution in [0.4, 0.5) is 5.69 Å². The minimum absolute atomic E-state index is 0.0240. The molecule has 1 amide bonds. The second-order valence-electron chi connectivity index (χ2n) is 7.23. The highest BCUT2D eigenvalue weighted by Gasteiger charge is 2.48. The van der Waals surface area contributed by atoms with Crippen LogP contribution in [0.1, 0.15) is 26.2 Å². The number of para-hydroxylation sites is 1. The van der Waals surface area contributed by atoms with Crippen LogP contribution in [0.15, 0.2) is 30.3 Å². The van der Waals surface area contributed by atoms with Crippen molar-refractivity contribution < 1.29 is 19.7 Å². The van der Waals surface area contributed by atoms with Gasteiger partial charge in [0.25, 0.3) is 0 Å². The molecule has 2 aliphatic rings. The first-order valence-corrected chi connectivity index (χ1v) is 8.50. The maximum Gasteiger partial charge on any atom is 0.238 e. The molecule has 1 aromatic carbocycles. The molecule has 6 heteroatoms. The van der Waals surface area contributed by atoms with E-state index >= 15 is 0 Å². The van der Waals surface area contributed by atoms with E-state index in [1.807, 2.05) is 30.3 Å². The molecule has 2 fully saturated rings. The molecule has 2 aliphatic heterocycles. The summed E-state index contributed by atoms with van der Waals surface area (Å²) in [5, 5.41) is 23.0. The first kappa shape index (κ1) is 17.4. The Morgan fingerprint density at radius 3 is 2.62 bits per heavy atom. The summed E-state index contributed by atoms with van der Waals surface area (Å²) >= 11 is 0. The van der Waals surface area contributed by atoms with Gasteiger partial charge in [0.15, 0.2) is 0 Å². The van der Waals surface area contributed by atoms with Crippen molar-refractivity contribution in [2.45, 2.75) is 43.5 Å². The number of hydrogen-bond donors (Lipinski definition) is 3. The number of nitrogens with zero attached hydrogens (tertiary/aromatic N) is 1. The first-order valence-electron chi connectivity index (χ1n) is 8.50. The number of hydrogen-bond acceptors (Lipinski definition) is 5. The number of carbonyl (C=O) groups is 1. The molecule has 0 unspecified atom stereocenters. The Bertz CT molecular complexity index is 568. The minimum Gasteiger partial charge on any atom is -0.388 e. The molecule has 0 bridgehead atoms. The van der Waals surface area contributed by atoms with E-state index in [2.05, 4.69) is 10.2 Å². The summed E-state index contributed by atoms with van der Waals surface area (Å²) in [4.78, 5) is 14.2. The maximum absolute atomic E-state index is 12.1. The normalized spacial score (nSPS) is 30.2. The van der Waals surface area contributed by atoms with Crippen molar-refractivity contribution in [2.24, 2.45) is 0 Å². The standard InChI is InChI=1S/C18H26N2O4/c1-17(23)13-18(24-12-15(17)21)7-9-20(10-8-18)11-16(22)19-14-5-3-2-4-6-14/h2-6,15,21,23H,7-13H2,1H3,(H,19,22)/t15-,17-/m0/s1. The van der Waals surface area contributed by atoms with Crippen LogP contribution < -0.4 is 5.32 Å². The van der Waals surface area contributed by atoms with Gasteiger partial charge in [0.2, 0.25) is 5.91 Å². The van der Waals surface area contributed by atoms with Crippen molar-refractivity contribution in [1.29, 1.82) is 0 Å². The molecular weight excluding hydrogens is 308 g/mol. The topological polar surface area (TPSA) is 82.0 Å². The second-order valence-corrected chi connectivity index (χ2v) is 7.23. The van der Waals surface area contributed by atoms with Crippen LogP contribution in [-0.4, -0.2) is 64.6 Å². The number of benzene rings is 1. The van der Waals surface area contributed by atoms with Gasteiger partial charge in [-0.15, -0.1) is 0 Å². The van der Waals surface area contributed by atoms with E-state index in [1.165, 1.54) is 0 Å². The lowest BCUT2D eigenvalue weighted by Crippen LogP contribution is -2.59. The quantitative estimate of drug-likeness (QED) is 0.768. The first-order chi connectivity index (χ1) is 11.4. The van der Waals surface area contributed by atoms with Gasteiger partial charge < -0.3 is 20.3 Å². The number of nitrogens with one attached hydrogen (secondary N) is 1. The van der Waals surface area contributed by atoms with Gasteiger partial charge in [-0.2, -0.15) is 0 Å². The van der Waals surface area contributed by atoms with E-state index in [0.29, 0.717) is 13.0 Å². The smallest absolute Gasteiger partial charge is 0.238 e. The van der Waals surface area contributed by atoms with Crippen LogP contribution in [0, 0.1) is 0 Å². The Hall–Kier alpha value is -1.47. The number of piperidine rings is 1. The zero-order valence-corrected chi connectivity index (χ0v) is 14.1. The Morgan fingerprint density at radius 1 is 1.33 bits per heavy atom. The zero-order chi connectivity index (χ0) is 17.2. The maximum atomic E-state index is 12.1. The van der Waals surface area contributed by atoms with Gasteiger partial charge >= 0.3 is 0 Å². The Morgan fingerprint density at radius 2 is 2.00 bits per heavy atom. The highest BCUT2D eigenvalue weighted by molar-refractivity contribution is 5.92. The average Bonchev–Trinajstić information content (AvgIpc) is 2.54. The predicted octanol–water partition coefficient (Wildman–Crippen LogP) is 0.992. The van der Waals surface area contributed by atoms with Gasteiger partial charge in [-0.05, 0) is 31.9 Å². The zero-order valence-electron chi connectivity index (χ0n) is 14.1. The number of carbonyl (C=O) groups excluding carboxylic acids is 1. The van der Waals surface area contributed by atoms with Crippen molar-refractivity contribution in [3.63, 3.8) is 0 Å². The number of rotatable bonds is 3. The molecule has 6 nitrogen and oxygen atoms in total. The summed E-state index contributed by atoms with van der Waals surface area (Å²) in [7, 11) is 0. The van der Waals surface area contributed by atoms with E-state index in [0.717, 1.165) is 31.6 Å². The Labute approximate surface area is 142 Å². The number of amides is 1. The molecule has 0 radical (unpaired) electrons. The van der Waals surface area contributed by atoms with Crippen LogP contribution in [0.2, 0.25) is 0 Å². The van der Waals surface area contributed by atoms with E-state index in [9.17, 15) is 15.0 Å². The van der Waals surface area contributed by atoms with Gasteiger partial charge in [-0.3, -0.25) is 9.69 Å². The molecule has 132 valence electrons. The largest absolute Gasteiger partial charge is 0.388 e. The van der Waals surface area contributed by atoms with Crippen molar-refractivity contribution in [2.75, 3.05) is 31.6 Å². The van der Waals surface area contributed by atoms with E-state index in [4.69, 9.17) is 4.74 Å². The molecular formula is C18H26N2O4. The van der Waals surface area contributed by atoms with Gasteiger partial charge in [-0.1, -0.05) is 18.2 Å². The van der Waals surface area contributed by atoms with Crippen LogP contribution in [0.25, 0.3) is 0 Å². The molecule has 2 atom stereocenters. The van der Waals surface area contributed by atoms with Crippen molar-refractivity contribution in [3.8, 4) is 0 Å². The molecule has 0 aromatic heterocycles. The summed E-state index contributed by atoms with van der Waals surface area (Å²) in [5.41, 5.74) is -0.683. The third-order valence-electron chi connectivity index (χ3n) is 5.14. The summed E-state index contributed by atoms with van der Waals surface area (Å²) in [6, 6.07) is 9.43. The summed E-state index contributed by atoms with van der Waals surface area (Å²) in [6.45, 7) is 3.68. The number of aliphatic hydroxyl groups excluding tert-OH is 1. The number of anilines is 1. The van der Waals surface area contributed by atoms with E-state index in [-0.39, 0.29) is 18.1 Å². The predicted molar refractivity (Wildman–Crippen MR) is 90.7 cm³/mol. The lowest BCUT2D eigenvalue weighted by atomic mass is 9.76. The molecule has 3 rings (SSSR count). The molecule has 24 heavy (non-hydrogen) atoms. The number of ether oxygens (including phenoxy) is 1. The van der Waals surface area contributed by atoms with Gasteiger partial charge in [-0.25, -0.2) is 0 Å². The summed E-state index contributed by atoms with van der Waals surface area (Å²) in [6.07, 6.45) is 1.12. The molecule has 2 heterocycles. The third kappa shape index (κ3) is 3.95. The average molecular weight is 334 g/mol. The van der Waals surface area contributed by atoms with Gasteiger partial charge in [0.05, 0.1) is 24.4 Å². The van der Waals surface area contributed by atoms with Crippen LogP contribution >= 0.6 is 0 Å². The lowest BCUT2D eigenvalue weighted by Gasteiger charge is -2.49. The van der Waals surface area contributed by atoms with E-state index in [1.54, 1.807) is 6.92 Å². The fourth-order valence-corrected chi connectivity index (χ4v) is 3.62. The van der Waals surface area contributed by atoms with Crippen LogP contribution in [0.3, 0.4) is 0 Å². The SMILES string of the molecule is C[C@]1(O)CC2(CCN(CC(=O)Nc3ccccc3)CC2)OC[C@@H]1O. The van der Waals surface area contributed by atoms with Gasteiger partial charge in [0, 0.05) is 25.2 Å². The highest BCUT2D eigenvalue weighted by Crippen LogP contribution is 2.39. The lowest BCUT2D eigenvalue weighted by molar-refractivity contribution is -0.222. The Kier molecular flexibility index (Phi) is 4.92. The number of aliphatic hydroxyl groups is 2. The molecule has 0 aliphatic carbocycles. The van der Waals surface area contributed by atoms with Crippen molar-refractivity contribution in [3.05, 3.63) is 30.3 Å². The highest BCUT2D eigenvalue weighted by atomic mass is 16.5. The molecule has 0 saturated carbocycles. The third-order valence-corrected chi connectivity index (χ3v) is 5.14. The fraction of sp³-hybridized carbons (Fsp3) is 0.611. The van der Waals surface area contributed by atoms with E-state index < -0.39 is 11.7 Å². The van der Waals surface area contributed by atoms with Crippen LogP contribution in [0.5, 0.6) is 0 Å². The fourth-order valence-electron chi connectivity index (χ4n) is 3.62. The summed E-state index contributed by atoms with van der Waals surface area (Å²) in [5.74, 6) is -0.0240. The van der Waals surface area contributed by atoms with Crippen molar-refractivity contribution >= 4 is 11.6 Å². The molecule has 1 spiro atoms. The number of likely N-dealkylation sites (tertiary alicyclic amines) is 1. The van der Waals surface area contributed by atoms with Crippen LogP contribution in [-0.2, 0) is 9.53 Å². The Balaban J connectivity index is 1.49. The summed E-state index contributed by atoms with van der Waals surface area (Å²) < 4.78 is 5.87. The minimum atomic E-state index is -1.11. The molecule has 3 N–H and O–H groups in total. The molecule has 2 saturated heterocycles. The molecule has 1 aromatic rings. The van der Waals surface area contributed by atoms with Crippen molar-refractivity contribution in [1.82, 2.24) is 4.90 Å². The second kappa shape index (κ2) is 6.80. The monoisotopic (exact) mass is 334 g/mol.